The first-order valence-electron chi connectivity index (χ1n) is 7.83. The molecule has 1 heterocycles. The van der Waals surface area contributed by atoms with Gasteiger partial charge in [0.1, 0.15) is 6.42 Å². The fourth-order valence-electron chi connectivity index (χ4n) is 2.67. The summed E-state index contributed by atoms with van der Waals surface area (Å²) in [4.78, 5) is 38.9. The van der Waals surface area contributed by atoms with Crippen LogP contribution in [0.25, 0.3) is 0 Å². The van der Waals surface area contributed by atoms with Crippen LogP contribution in [0.5, 0.6) is 0 Å². The number of nitriles is 1. The van der Waals surface area contributed by atoms with Crippen LogP contribution in [-0.4, -0.2) is 53.7 Å². The zero-order chi connectivity index (χ0) is 17.5. The number of carbonyl (C=O) groups is 3. The van der Waals surface area contributed by atoms with Crippen molar-refractivity contribution in [3.63, 3.8) is 0 Å². The summed E-state index contributed by atoms with van der Waals surface area (Å²) >= 11 is 0. The topological polar surface area (TPSA) is 93.5 Å². The van der Waals surface area contributed by atoms with Crippen LogP contribution < -0.4 is 5.32 Å². The number of rotatable bonds is 3. The van der Waals surface area contributed by atoms with Gasteiger partial charge in [-0.3, -0.25) is 14.4 Å². The molecule has 7 heteroatoms. The maximum Gasteiger partial charge on any atom is 0.253 e. The highest BCUT2D eigenvalue weighted by molar-refractivity contribution is 5.96. The summed E-state index contributed by atoms with van der Waals surface area (Å²) < 4.78 is 0. The second-order valence-corrected chi connectivity index (χ2v) is 5.62. The Balaban J connectivity index is 2.04. The first-order valence-corrected chi connectivity index (χ1v) is 7.83. The molecule has 1 saturated heterocycles. The van der Waals surface area contributed by atoms with Crippen LogP contribution in [0.4, 0.5) is 5.69 Å². The molecule has 1 aliphatic heterocycles. The van der Waals surface area contributed by atoms with E-state index >= 15 is 0 Å². The van der Waals surface area contributed by atoms with E-state index in [0.29, 0.717) is 43.9 Å². The summed E-state index contributed by atoms with van der Waals surface area (Å²) in [5.41, 5.74) is 1.08. The first kappa shape index (κ1) is 17.5. The Morgan fingerprint density at radius 3 is 2.58 bits per heavy atom. The molecule has 1 aromatic carbocycles. The third-order valence-corrected chi connectivity index (χ3v) is 3.80. The molecule has 0 aliphatic carbocycles. The van der Waals surface area contributed by atoms with Crippen LogP contribution in [0.1, 0.15) is 30.1 Å². The normalized spacial score (nSPS) is 14.5. The van der Waals surface area contributed by atoms with E-state index < -0.39 is 0 Å². The molecule has 126 valence electrons. The summed E-state index contributed by atoms with van der Waals surface area (Å²) in [6.07, 6.45) is 0.543. The highest BCUT2D eigenvalue weighted by atomic mass is 16.2. The number of amides is 3. The molecule has 0 saturated carbocycles. The third-order valence-electron chi connectivity index (χ3n) is 3.80. The minimum absolute atomic E-state index is 0.128. The van der Waals surface area contributed by atoms with E-state index in [1.54, 1.807) is 34.1 Å². The Morgan fingerprint density at radius 2 is 1.88 bits per heavy atom. The second-order valence-electron chi connectivity index (χ2n) is 5.62. The van der Waals surface area contributed by atoms with E-state index in [-0.39, 0.29) is 24.1 Å². The highest BCUT2D eigenvalue weighted by Gasteiger charge is 2.22. The monoisotopic (exact) mass is 328 g/mol. The van der Waals surface area contributed by atoms with Gasteiger partial charge in [-0.1, -0.05) is 6.07 Å². The van der Waals surface area contributed by atoms with E-state index in [4.69, 9.17) is 5.26 Å². The molecule has 7 nitrogen and oxygen atoms in total. The Morgan fingerprint density at radius 1 is 1.17 bits per heavy atom. The van der Waals surface area contributed by atoms with Gasteiger partial charge in [0, 0.05) is 44.4 Å². The van der Waals surface area contributed by atoms with E-state index in [1.165, 1.54) is 6.92 Å². The van der Waals surface area contributed by atoms with Crippen LogP contribution in [0.2, 0.25) is 0 Å². The molecule has 0 aromatic heterocycles. The van der Waals surface area contributed by atoms with Gasteiger partial charge < -0.3 is 15.1 Å². The largest absolute Gasteiger partial charge is 0.340 e. The maximum atomic E-state index is 12.7. The number of nitrogens with zero attached hydrogens (tertiary/aromatic N) is 3. The zero-order valence-electron chi connectivity index (χ0n) is 13.6. The van der Waals surface area contributed by atoms with Crippen molar-refractivity contribution in [3.05, 3.63) is 29.8 Å². The lowest BCUT2D eigenvalue weighted by atomic mass is 10.1. The van der Waals surface area contributed by atoms with E-state index in [2.05, 4.69) is 5.32 Å². The van der Waals surface area contributed by atoms with Crippen LogP contribution in [0.3, 0.4) is 0 Å². The molecular formula is C17H20N4O3. The second kappa shape index (κ2) is 8.11. The van der Waals surface area contributed by atoms with Gasteiger partial charge in [0.25, 0.3) is 5.91 Å². The van der Waals surface area contributed by atoms with Gasteiger partial charge in [0.15, 0.2) is 0 Å². The number of carbonyl (C=O) groups excluding carboxylic acids is 3. The van der Waals surface area contributed by atoms with Gasteiger partial charge in [-0.15, -0.1) is 0 Å². The smallest absolute Gasteiger partial charge is 0.253 e. The number of nitrogens with one attached hydrogen (secondary N) is 1. The van der Waals surface area contributed by atoms with E-state index in [1.807, 2.05) is 6.07 Å². The molecule has 1 N–H and O–H groups in total. The van der Waals surface area contributed by atoms with Crippen molar-refractivity contribution in [3.8, 4) is 6.07 Å². The molecule has 0 bridgehead atoms. The standard InChI is InChI=1S/C17H20N4O3/c1-13(22)19-15-5-2-4-14(12-15)17(24)21-9-3-8-20(10-11-21)16(23)6-7-18/h2,4-5,12H,3,6,8-11H2,1H3,(H,19,22). The minimum Gasteiger partial charge on any atom is -0.340 e. The highest BCUT2D eigenvalue weighted by Crippen LogP contribution is 2.14. The van der Waals surface area contributed by atoms with Crippen molar-refractivity contribution < 1.29 is 14.4 Å². The van der Waals surface area contributed by atoms with Crippen molar-refractivity contribution in [1.29, 1.82) is 5.26 Å². The summed E-state index contributed by atoms with van der Waals surface area (Å²) in [7, 11) is 0. The molecule has 1 aliphatic rings. The van der Waals surface area contributed by atoms with Gasteiger partial charge in [-0.25, -0.2) is 0 Å². The Bertz CT molecular complexity index is 681. The van der Waals surface area contributed by atoms with Crippen LogP contribution in [0, 0.1) is 11.3 Å². The van der Waals surface area contributed by atoms with Crippen molar-refractivity contribution in [2.45, 2.75) is 19.8 Å². The lowest BCUT2D eigenvalue weighted by Crippen LogP contribution is -2.37. The molecule has 2 rings (SSSR count). The average Bonchev–Trinajstić information content (AvgIpc) is 2.80. The maximum absolute atomic E-state index is 12.7. The lowest BCUT2D eigenvalue weighted by molar-refractivity contribution is -0.130. The summed E-state index contributed by atoms with van der Waals surface area (Å²) in [6, 6.07) is 8.66. The van der Waals surface area contributed by atoms with E-state index in [9.17, 15) is 14.4 Å². The number of benzene rings is 1. The van der Waals surface area contributed by atoms with Crippen LogP contribution in [-0.2, 0) is 9.59 Å². The molecule has 1 aromatic rings. The third kappa shape index (κ3) is 4.56. The van der Waals surface area contributed by atoms with Gasteiger partial charge in [-0.05, 0) is 24.6 Å². The summed E-state index contributed by atoms with van der Waals surface area (Å²) in [6.45, 7) is 3.38. The average molecular weight is 328 g/mol. The molecule has 0 spiro atoms. The predicted molar refractivity (Wildman–Crippen MR) is 88.1 cm³/mol. The van der Waals surface area contributed by atoms with Crippen molar-refractivity contribution in [2.75, 3.05) is 31.5 Å². The molecule has 1 fully saturated rings. The molecule has 0 radical (unpaired) electrons. The van der Waals surface area contributed by atoms with Crippen molar-refractivity contribution in [2.24, 2.45) is 0 Å². The summed E-state index contributed by atoms with van der Waals surface area (Å²) in [5.74, 6) is -0.516. The van der Waals surface area contributed by atoms with Crippen LogP contribution in [0.15, 0.2) is 24.3 Å². The fourth-order valence-corrected chi connectivity index (χ4v) is 2.67. The molecule has 24 heavy (non-hydrogen) atoms. The molecule has 0 atom stereocenters. The Kier molecular flexibility index (Phi) is 5.90. The molecule has 3 amide bonds. The van der Waals surface area contributed by atoms with Gasteiger partial charge in [0.2, 0.25) is 11.8 Å². The number of anilines is 1. The fraction of sp³-hybridized carbons (Fsp3) is 0.412. The van der Waals surface area contributed by atoms with Crippen LogP contribution >= 0.6 is 0 Å². The minimum atomic E-state index is -0.195. The Labute approximate surface area is 140 Å². The SMILES string of the molecule is CC(=O)Nc1cccc(C(=O)N2CCCN(C(=O)CC#N)CC2)c1. The van der Waals surface area contributed by atoms with E-state index in [0.717, 1.165) is 0 Å². The quantitative estimate of drug-likeness (QED) is 0.903. The van der Waals surface area contributed by atoms with Gasteiger partial charge in [0.05, 0.1) is 6.07 Å². The Hall–Kier alpha value is -2.88. The summed E-state index contributed by atoms with van der Waals surface area (Å²) in [5, 5.41) is 11.3. The predicted octanol–water partition coefficient (Wildman–Crippen LogP) is 1.23. The number of hydrogen-bond donors (Lipinski definition) is 1. The van der Waals surface area contributed by atoms with Gasteiger partial charge in [-0.2, -0.15) is 5.26 Å². The lowest BCUT2D eigenvalue weighted by Gasteiger charge is -2.22. The first-order chi connectivity index (χ1) is 11.5. The van der Waals surface area contributed by atoms with Gasteiger partial charge >= 0.3 is 0 Å². The van der Waals surface area contributed by atoms with Crippen molar-refractivity contribution in [1.82, 2.24) is 9.80 Å². The molecular weight excluding hydrogens is 308 g/mol. The molecule has 0 unspecified atom stereocenters. The van der Waals surface area contributed by atoms with Crippen molar-refractivity contribution >= 4 is 23.4 Å². The number of hydrogen-bond acceptors (Lipinski definition) is 4. The zero-order valence-corrected chi connectivity index (χ0v) is 13.6.